The van der Waals surface area contributed by atoms with Crippen molar-refractivity contribution in [2.24, 2.45) is 0 Å². The lowest BCUT2D eigenvalue weighted by Crippen LogP contribution is -2.09. The Balaban J connectivity index is 2.17. The van der Waals surface area contributed by atoms with Crippen molar-refractivity contribution in [3.8, 4) is 16.9 Å². The lowest BCUT2D eigenvalue weighted by atomic mass is 9.99. The molecule has 0 fully saturated rings. The van der Waals surface area contributed by atoms with Gasteiger partial charge in [-0.25, -0.2) is 0 Å². The fraction of sp³-hybridized carbons (Fsp3) is 0.294. The topological polar surface area (TPSA) is 59.4 Å². The van der Waals surface area contributed by atoms with Crippen LogP contribution in [0.25, 0.3) is 11.1 Å². The van der Waals surface area contributed by atoms with Crippen molar-refractivity contribution in [3.63, 3.8) is 0 Å². The highest BCUT2D eigenvalue weighted by Gasteiger charge is 2.14. The largest absolute Gasteiger partial charge is 0.508 e. The Morgan fingerprint density at radius 3 is 2.62 bits per heavy atom. The highest BCUT2D eigenvalue weighted by Crippen LogP contribution is 2.25. The van der Waals surface area contributed by atoms with Crippen LogP contribution in [0.1, 0.15) is 31.9 Å². The van der Waals surface area contributed by atoms with Crippen LogP contribution < -0.4 is 0 Å². The van der Waals surface area contributed by atoms with Crippen molar-refractivity contribution in [2.45, 2.75) is 26.2 Å². The predicted molar refractivity (Wildman–Crippen MR) is 81.0 cm³/mol. The van der Waals surface area contributed by atoms with Gasteiger partial charge < -0.3 is 9.84 Å². The molecule has 110 valence electrons. The third-order valence-electron chi connectivity index (χ3n) is 3.26. The molecule has 4 heteroatoms. The summed E-state index contributed by atoms with van der Waals surface area (Å²) in [7, 11) is 0. The first-order valence-corrected chi connectivity index (χ1v) is 7.01. The van der Waals surface area contributed by atoms with Crippen molar-refractivity contribution < 1.29 is 14.6 Å². The number of benzene rings is 1. The van der Waals surface area contributed by atoms with E-state index in [9.17, 15) is 9.90 Å². The van der Waals surface area contributed by atoms with Crippen molar-refractivity contribution in [3.05, 3.63) is 48.3 Å². The second kappa shape index (κ2) is 6.88. The summed E-state index contributed by atoms with van der Waals surface area (Å²) >= 11 is 0. The Kier molecular flexibility index (Phi) is 4.93. The molecule has 0 amide bonds. The van der Waals surface area contributed by atoms with E-state index in [0.29, 0.717) is 13.0 Å². The summed E-state index contributed by atoms with van der Waals surface area (Å²) in [5.41, 5.74) is 2.86. The molecular formula is C17H19NO3. The molecule has 0 aliphatic heterocycles. The fourth-order valence-electron chi connectivity index (χ4n) is 2.13. The first kappa shape index (κ1) is 15.0. The number of nitrogens with zero attached hydrogens (tertiary/aromatic N) is 1. The van der Waals surface area contributed by atoms with Gasteiger partial charge >= 0.3 is 5.97 Å². The lowest BCUT2D eigenvalue weighted by molar-refractivity contribution is -0.143. The van der Waals surface area contributed by atoms with E-state index in [-0.39, 0.29) is 17.6 Å². The molecule has 0 aliphatic carbocycles. The van der Waals surface area contributed by atoms with Crippen LogP contribution in [0.15, 0.2) is 42.6 Å². The minimum absolute atomic E-state index is 0.00103. The number of aromatic hydroxyl groups is 1. The Morgan fingerprint density at radius 2 is 1.95 bits per heavy atom. The number of rotatable bonds is 5. The second-order valence-corrected chi connectivity index (χ2v) is 4.93. The number of hydrogen-bond acceptors (Lipinski definition) is 4. The molecule has 21 heavy (non-hydrogen) atoms. The smallest absolute Gasteiger partial charge is 0.306 e. The van der Waals surface area contributed by atoms with E-state index in [1.54, 1.807) is 25.3 Å². The van der Waals surface area contributed by atoms with Crippen molar-refractivity contribution >= 4 is 5.97 Å². The zero-order valence-electron chi connectivity index (χ0n) is 12.2. The average Bonchev–Trinajstić information content (AvgIpc) is 2.48. The molecule has 1 N–H and O–H groups in total. The standard InChI is InChI=1S/C17H19NO3/c1-3-21-17(20)10-12(2)16-11-14(8-9-18-16)13-4-6-15(19)7-5-13/h4-9,11-12,19H,3,10H2,1-2H3. The van der Waals surface area contributed by atoms with Crippen molar-refractivity contribution in [1.29, 1.82) is 0 Å². The van der Waals surface area contributed by atoms with Crippen LogP contribution in [0.2, 0.25) is 0 Å². The fourth-order valence-corrected chi connectivity index (χ4v) is 2.13. The van der Waals surface area contributed by atoms with Crippen molar-refractivity contribution in [2.75, 3.05) is 6.61 Å². The van der Waals surface area contributed by atoms with Gasteiger partial charge in [-0.2, -0.15) is 0 Å². The van der Waals surface area contributed by atoms with E-state index in [0.717, 1.165) is 16.8 Å². The van der Waals surface area contributed by atoms with Gasteiger partial charge in [-0.1, -0.05) is 19.1 Å². The van der Waals surface area contributed by atoms with Gasteiger partial charge in [-0.15, -0.1) is 0 Å². The summed E-state index contributed by atoms with van der Waals surface area (Å²) in [6, 6.07) is 10.9. The quantitative estimate of drug-likeness (QED) is 0.854. The maximum atomic E-state index is 11.5. The Bertz CT molecular complexity index is 608. The van der Waals surface area contributed by atoms with Crippen LogP contribution in [0.3, 0.4) is 0 Å². The molecule has 2 rings (SSSR count). The van der Waals surface area contributed by atoms with E-state index in [1.165, 1.54) is 0 Å². The summed E-state index contributed by atoms with van der Waals surface area (Å²) in [5.74, 6) is 0.0339. The number of carbonyl (C=O) groups excluding carboxylic acids is 1. The molecule has 1 aromatic carbocycles. The third kappa shape index (κ3) is 4.05. The van der Waals surface area contributed by atoms with E-state index < -0.39 is 0 Å². The number of ether oxygens (including phenoxy) is 1. The molecule has 0 radical (unpaired) electrons. The summed E-state index contributed by atoms with van der Waals surface area (Å²) in [4.78, 5) is 15.9. The van der Waals surface area contributed by atoms with Crippen LogP contribution in [0, 0.1) is 0 Å². The molecule has 1 heterocycles. The van der Waals surface area contributed by atoms with E-state index in [2.05, 4.69) is 4.98 Å². The van der Waals surface area contributed by atoms with Gasteiger partial charge in [0.1, 0.15) is 5.75 Å². The summed E-state index contributed by atoms with van der Waals surface area (Å²) in [6.07, 6.45) is 2.05. The summed E-state index contributed by atoms with van der Waals surface area (Å²) in [5, 5.41) is 9.33. The SMILES string of the molecule is CCOC(=O)CC(C)c1cc(-c2ccc(O)cc2)ccn1. The van der Waals surface area contributed by atoms with Gasteiger partial charge in [0.2, 0.25) is 0 Å². The van der Waals surface area contributed by atoms with Gasteiger partial charge in [0.05, 0.1) is 13.0 Å². The zero-order valence-corrected chi connectivity index (χ0v) is 12.2. The first-order chi connectivity index (χ1) is 10.1. The molecule has 1 aromatic heterocycles. The molecule has 0 saturated carbocycles. The number of aromatic nitrogens is 1. The third-order valence-corrected chi connectivity index (χ3v) is 3.26. The predicted octanol–water partition coefficient (Wildman–Crippen LogP) is 3.51. The molecule has 0 aliphatic rings. The van der Waals surface area contributed by atoms with Crippen LogP contribution in [-0.4, -0.2) is 22.7 Å². The van der Waals surface area contributed by atoms with E-state index in [1.807, 2.05) is 31.2 Å². The van der Waals surface area contributed by atoms with Crippen LogP contribution in [-0.2, 0) is 9.53 Å². The van der Waals surface area contributed by atoms with Crippen LogP contribution in [0.4, 0.5) is 0 Å². The second-order valence-electron chi connectivity index (χ2n) is 4.93. The lowest BCUT2D eigenvalue weighted by Gasteiger charge is -2.11. The maximum Gasteiger partial charge on any atom is 0.306 e. The Labute approximate surface area is 124 Å². The van der Waals surface area contributed by atoms with E-state index in [4.69, 9.17) is 4.74 Å². The molecular weight excluding hydrogens is 266 g/mol. The Morgan fingerprint density at radius 1 is 1.24 bits per heavy atom. The molecule has 0 spiro atoms. The molecule has 0 bridgehead atoms. The monoisotopic (exact) mass is 285 g/mol. The first-order valence-electron chi connectivity index (χ1n) is 7.01. The number of phenols is 1. The molecule has 0 saturated heterocycles. The number of hydrogen-bond donors (Lipinski definition) is 1. The number of esters is 1. The maximum absolute atomic E-state index is 11.5. The number of phenolic OH excluding ortho intramolecular Hbond substituents is 1. The van der Waals surface area contributed by atoms with Gasteiger partial charge in [-0.05, 0) is 42.3 Å². The van der Waals surface area contributed by atoms with Gasteiger partial charge in [0, 0.05) is 17.8 Å². The van der Waals surface area contributed by atoms with Crippen molar-refractivity contribution in [1.82, 2.24) is 4.98 Å². The highest BCUT2D eigenvalue weighted by molar-refractivity contribution is 5.70. The van der Waals surface area contributed by atoms with Gasteiger partial charge in [-0.3, -0.25) is 9.78 Å². The molecule has 1 atom stereocenters. The molecule has 4 nitrogen and oxygen atoms in total. The molecule has 2 aromatic rings. The molecule has 1 unspecified atom stereocenters. The summed E-state index contributed by atoms with van der Waals surface area (Å²) in [6.45, 7) is 4.15. The van der Waals surface area contributed by atoms with Crippen LogP contribution >= 0.6 is 0 Å². The van der Waals surface area contributed by atoms with E-state index >= 15 is 0 Å². The van der Waals surface area contributed by atoms with Gasteiger partial charge in [0.15, 0.2) is 0 Å². The number of pyridine rings is 1. The minimum Gasteiger partial charge on any atom is -0.508 e. The number of carbonyl (C=O) groups is 1. The van der Waals surface area contributed by atoms with Gasteiger partial charge in [0.25, 0.3) is 0 Å². The van der Waals surface area contributed by atoms with Crippen LogP contribution in [0.5, 0.6) is 5.75 Å². The highest BCUT2D eigenvalue weighted by atomic mass is 16.5. The summed E-state index contributed by atoms with van der Waals surface area (Å²) < 4.78 is 4.97. The average molecular weight is 285 g/mol. The Hall–Kier alpha value is -2.36. The minimum atomic E-state index is -0.207. The zero-order chi connectivity index (χ0) is 15.2. The normalized spacial score (nSPS) is 11.9.